The number of nitrogens with zero attached hydrogens (tertiary/aromatic N) is 3. The van der Waals surface area contributed by atoms with Gasteiger partial charge in [-0.1, -0.05) is 11.8 Å². The summed E-state index contributed by atoms with van der Waals surface area (Å²) >= 11 is 0.848. The molecule has 2 aliphatic heterocycles. The fourth-order valence-electron chi connectivity index (χ4n) is 3.30. The molecule has 3 heterocycles. The van der Waals surface area contributed by atoms with Gasteiger partial charge in [-0.15, -0.1) is 0 Å². The van der Waals surface area contributed by atoms with Crippen LogP contribution in [-0.2, 0) is 16.7 Å². The van der Waals surface area contributed by atoms with Crippen LogP contribution in [0.25, 0.3) is 11.4 Å². The highest BCUT2D eigenvalue weighted by Crippen LogP contribution is 2.38. The van der Waals surface area contributed by atoms with E-state index in [1.807, 2.05) is 0 Å². The Balaban J connectivity index is 1.62. The van der Waals surface area contributed by atoms with Gasteiger partial charge in [-0.3, -0.25) is 14.2 Å². The van der Waals surface area contributed by atoms with Gasteiger partial charge in [-0.2, -0.15) is 8.42 Å². The topological polar surface area (TPSA) is 114 Å². The first-order valence-corrected chi connectivity index (χ1v) is 11.6. The van der Waals surface area contributed by atoms with Gasteiger partial charge in [0.1, 0.15) is 24.2 Å². The summed E-state index contributed by atoms with van der Waals surface area (Å²) in [6.07, 6.45) is -1.09. The maximum atomic E-state index is 13.3. The van der Waals surface area contributed by atoms with E-state index < -0.39 is 33.6 Å². The molecule has 1 aromatic carbocycles. The van der Waals surface area contributed by atoms with Crippen molar-refractivity contribution in [1.29, 1.82) is 0 Å². The van der Waals surface area contributed by atoms with Crippen LogP contribution in [0.3, 0.4) is 0 Å². The lowest BCUT2D eigenvalue weighted by Crippen LogP contribution is -2.38. The molecule has 2 aromatic rings. The molecule has 13 heteroatoms. The highest BCUT2D eigenvalue weighted by Gasteiger charge is 2.40. The maximum Gasteiger partial charge on any atom is 0.287 e. The lowest BCUT2D eigenvalue weighted by Gasteiger charge is -2.20. The average Bonchev–Trinajstić information content (AvgIpc) is 3.20. The number of amides is 1. The summed E-state index contributed by atoms with van der Waals surface area (Å²) < 4.78 is 64.7. The van der Waals surface area contributed by atoms with Gasteiger partial charge in [0.15, 0.2) is 5.82 Å². The number of carbonyl (C=O) groups is 1. The smallest absolute Gasteiger partial charge is 0.287 e. The molecule has 30 heavy (non-hydrogen) atoms. The number of imidazole rings is 1. The zero-order valence-electron chi connectivity index (χ0n) is 15.5. The first kappa shape index (κ1) is 20.9. The van der Waals surface area contributed by atoms with E-state index in [1.54, 1.807) is 29.0 Å². The molecule has 4 rings (SSSR count). The van der Waals surface area contributed by atoms with Crippen molar-refractivity contribution < 1.29 is 31.3 Å². The number of hydrogen-bond acceptors (Lipinski definition) is 7. The van der Waals surface area contributed by atoms with Crippen molar-refractivity contribution in [2.24, 2.45) is 0 Å². The fourth-order valence-corrected chi connectivity index (χ4v) is 4.64. The molecule has 0 bridgehead atoms. The molecule has 0 unspecified atom stereocenters. The predicted octanol–water partition coefficient (Wildman–Crippen LogP) is 2.55. The van der Waals surface area contributed by atoms with E-state index in [4.69, 9.17) is 9.29 Å². The number of fused-ring (bicyclic) bond motifs is 3. The Morgan fingerprint density at radius 1 is 1.40 bits per heavy atom. The van der Waals surface area contributed by atoms with Crippen molar-refractivity contribution in [1.82, 2.24) is 9.55 Å². The van der Waals surface area contributed by atoms with Gasteiger partial charge in [0.2, 0.25) is 0 Å². The van der Waals surface area contributed by atoms with Crippen molar-refractivity contribution >= 4 is 38.6 Å². The van der Waals surface area contributed by atoms with E-state index in [0.717, 1.165) is 16.7 Å². The number of ether oxygens (including phenoxy) is 1. The number of halogens is 2. The highest BCUT2D eigenvalue weighted by molar-refractivity contribution is 8.14. The molecule has 1 atom stereocenters. The van der Waals surface area contributed by atoms with Gasteiger partial charge in [-0.25, -0.2) is 13.8 Å². The van der Waals surface area contributed by atoms with Gasteiger partial charge >= 0.3 is 0 Å². The molecule has 2 aliphatic rings. The summed E-state index contributed by atoms with van der Waals surface area (Å²) in [6, 6.07) is 3.85. The van der Waals surface area contributed by atoms with Gasteiger partial charge in [0.25, 0.3) is 21.8 Å². The molecule has 0 spiro atoms. The summed E-state index contributed by atoms with van der Waals surface area (Å²) in [7, 11) is -4.07. The standard InChI is InChI=1S/C17H18F2N4O5S2/c18-15(19)12-9-29-17(24)23(12)14-8-22-4-5-28-13-7-10(20-3-6-30(25,26)27)1-2-11(13)16(22)21-14/h1-2,7-8,12,15,20H,3-6,9H2,(H,25,26,27)/t12-/m0/s1. The van der Waals surface area contributed by atoms with Crippen LogP contribution in [0.1, 0.15) is 0 Å². The van der Waals surface area contributed by atoms with Crippen LogP contribution >= 0.6 is 11.8 Å². The number of rotatable bonds is 6. The zero-order chi connectivity index (χ0) is 21.5. The summed E-state index contributed by atoms with van der Waals surface area (Å²) in [6.45, 7) is 0.725. The van der Waals surface area contributed by atoms with E-state index in [2.05, 4.69) is 10.3 Å². The predicted molar refractivity (Wildman–Crippen MR) is 108 cm³/mol. The third kappa shape index (κ3) is 4.23. The summed E-state index contributed by atoms with van der Waals surface area (Å²) in [5, 5.41) is 2.43. The van der Waals surface area contributed by atoms with E-state index in [1.165, 1.54) is 0 Å². The van der Waals surface area contributed by atoms with Crippen LogP contribution in [-0.4, -0.2) is 64.9 Å². The normalized spacial score (nSPS) is 18.7. The molecule has 1 fully saturated rings. The Bertz CT molecular complexity index is 1080. The third-order valence-corrected chi connectivity index (χ3v) is 6.38. The Labute approximate surface area is 175 Å². The number of alkyl halides is 2. The minimum atomic E-state index is -4.07. The number of benzene rings is 1. The second-order valence-corrected chi connectivity index (χ2v) is 9.28. The van der Waals surface area contributed by atoms with E-state index in [9.17, 15) is 22.0 Å². The number of hydrogen-bond donors (Lipinski definition) is 2. The van der Waals surface area contributed by atoms with Crippen LogP contribution in [0.2, 0.25) is 0 Å². The van der Waals surface area contributed by atoms with Crippen LogP contribution < -0.4 is 15.0 Å². The minimum absolute atomic E-state index is 0.0109. The Hall–Kier alpha value is -2.38. The SMILES string of the molecule is O=C1SC[C@@H](C(F)F)N1c1cn2c(n1)-c1ccc(NCCS(=O)(=O)O)cc1OCC2. The first-order chi connectivity index (χ1) is 14.2. The largest absolute Gasteiger partial charge is 0.491 e. The molecule has 2 N–H and O–H groups in total. The lowest BCUT2D eigenvalue weighted by molar-refractivity contribution is 0.124. The van der Waals surface area contributed by atoms with Gasteiger partial charge in [-0.05, 0) is 12.1 Å². The molecule has 0 aliphatic carbocycles. The second-order valence-electron chi connectivity index (χ2n) is 6.74. The molecule has 1 amide bonds. The van der Waals surface area contributed by atoms with E-state index in [-0.39, 0.29) is 18.1 Å². The summed E-state index contributed by atoms with van der Waals surface area (Å²) in [5.74, 6) is 0.714. The molecule has 0 saturated carbocycles. The lowest BCUT2D eigenvalue weighted by atomic mass is 10.1. The maximum absolute atomic E-state index is 13.3. The van der Waals surface area contributed by atoms with Crippen molar-refractivity contribution in [3.8, 4) is 17.1 Å². The van der Waals surface area contributed by atoms with E-state index >= 15 is 0 Å². The second kappa shape index (κ2) is 8.04. The van der Waals surface area contributed by atoms with Crippen molar-refractivity contribution in [2.45, 2.75) is 19.0 Å². The average molecular weight is 460 g/mol. The highest BCUT2D eigenvalue weighted by atomic mass is 32.2. The molecular weight excluding hydrogens is 442 g/mol. The van der Waals surface area contributed by atoms with Crippen LogP contribution in [0.5, 0.6) is 5.75 Å². The molecule has 162 valence electrons. The Morgan fingerprint density at radius 3 is 2.93 bits per heavy atom. The number of nitrogens with one attached hydrogen (secondary N) is 1. The van der Waals surface area contributed by atoms with E-state index in [0.29, 0.717) is 36.0 Å². The van der Waals surface area contributed by atoms with Crippen LogP contribution in [0.4, 0.5) is 25.1 Å². The quantitative estimate of drug-likeness (QED) is 0.633. The Morgan fingerprint density at radius 2 is 2.20 bits per heavy atom. The molecular formula is C17H18F2N4O5S2. The van der Waals surface area contributed by atoms with Gasteiger partial charge < -0.3 is 14.6 Å². The van der Waals surface area contributed by atoms with Gasteiger partial charge in [0.05, 0.1) is 17.9 Å². The number of thioether (sulfide) groups is 1. The van der Waals surface area contributed by atoms with Crippen LogP contribution in [0.15, 0.2) is 24.4 Å². The minimum Gasteiger partial charge on any atom is -0.491 e. The monoisotopic (exact) mass is 460 g/mol. The molecule has 1 saturated heterocycles. The van der Waals surface area contributed by atoms with Crippen molar-refractivity contribution in [3.63, 3.8) is 0 Å². The number of anilines is 2. The van der Waals surface area contributed by atoms with Crippen LogP contribution in [0, 0.1) is 0 Å². The fraction of sp³-hybridized carbons (Fsp3) is 0.412. The summed E-state index contributed by atoms with van der Waals surface area (Å²) in [5.41, 5.74) is 1.20. The zero-order valence-corrected chi connectivity index (χ0v) is 17.1. The Kier molecular flexibility index (Phi) is 5.59. The number of aromatic nitrogens is 2. The molecule has 1 aromatic heterocycles. The molecule has 0 radical (unpaired) electrons. The van der Waals surface area contributed by atoms with Crippen molar-refractivity contribution in [2.75, 3.05) is 34.9 Å². The first-order valence-electron chi connectivity index (χ1n) is 9.00. The van der Waals surface area contributed by atoms with Crippen molar-refractivity contribution in [3.05, 3.63) is 24.4 Å². The molecule has 9 nitrogen and oxygen atoms in total. The number of carbonyl (C=O) groups excluding carboxylic acids is 1. The third-order valence-electron chi connectivity index (χ3n) is 4.71. The van der Waals surface area contributed by atoms with Gasteiger partial charge in [0, 0.05) is 30.2 Å². The summed E-state index contributed by atoms with van der Waals surface area (Å²) in [4.78, 5) is 17.6.